The maximum atomic E-state index is 12.5. The fourth-order valence-electron chi connectivity index (χ4n) is 2.91. The van der Waals surface area contributed by atoms with Gasteiger partial charge in [0.15, 0.2) is 0 Å². The van der Waals surface area contributed by atoms with E-state index in [0.29, 0.717) is 4.90 Å². The zero-order valence-corrected chi connectivity index (χ0v) is 12.0. The summed E-state index contributed by atoms with van der Waals surface area (Å²) in [7, 11) is -3.39. The fourth-order valence-corrected chi connectivity index (χ4v) is 4.49. The number of rotatable bonds is 4. The van der Waals surface area contributed by atoms with E-state index in [1.165, 1.54) is 5.56 Å². The zero-order valence-electron chi connectivity index (χ0n) is 11.2. The van der Waals surface area contributed by atoms with Crippen LogP contribution in [0.25, 0.3) is 0 Å². The van der Waals surface area contributed by atoms with Crippen LogP contribution in [0.3, 0.4) is 0 Å². The molecule has 1 aromatic rings. The van der Waals surface area contributed by atoms with E-state index in [-0.39, 0.29) is 5.54 Å². The lowest BCUT2D eigenvalue weighted by Crippen LogP contribution is -2.52. The van der Waals surface area contributed by atoms with E-state index in [0.717, 1.165) is 44.3 Å². The summed E-state index contributed by atoms with van der Waals surface area (Å²) in [6, 6.07) is 5.44. The van der Waals surface area contributed by atoms with Gasteiger partial charge in [-0.25, -0.2) is 13.1 Å². The highest BCUT2D eigenvalue weighted by Crippen LogP contribution is 2.36. The van der Waals surface area contributed by atoms with Crippen molar-refractivity contribution < 1.29 is 8.42 Å². The first-order valence-electron chi connectivity index (χ1n) is 6.91. The molecule has 0 atom stereocenters. The van der Waals surface area contributed by atoms with Crippen molar-refractivity contribution in [3.05, 3.63) is 29.3 Å². The van der Waals surface area contributed by atoms with Crippen molar-refractivity contribution in [3.63, 3.8) is 0 Å². The SMILES string of the molecule is CCC1(NS(=O)(=O)c2ccc3c(c2)CNC3)CCC1. The number of benzene rings is 1. The number of sulfonamides is 1. The van der Waals surface area contributed by atoms with E-state index in [9.17, 15) is 8.42 Å². The molecule has 4 nitrogen and oxygen atoms in total. The molecule has 1 aliphatic carbocycles. The standard InChI is InChI=1S/C14H20N2O2S/c1-2-14(6-3-7-14)16-19(17,18)13-5-4-11-9-15-10-12(11)8-13/h4-5,8,15-16H,2-3,6-7,9-10H2,1H3. The number of hydrogen-bond acceptors (Lipinski definition) is 3. The minimum Gasteiger partial charge on any atom is -0.309 e. The summed E-state index contributed by atoms with van der Waals surface area (Å²) < 4.78 is 27.9. The van der Waals surface area contributed by atoms with Gasteiger partial charge < -0.3 is 5.32 Å². The Hall–Kier alpha value is -0.910. The molecule has 2 N–H and O–H groups in total. The van der Waals surface area contributed by atoms with Gasteiger partial charge in [0.25, 0.3) is 0 Å². The Morgan fingerprint density at radius 2 is 2.00 bits per heavy atom. The van der Waals surface area contributed by atoms with E-state index < -0.39 is 10.0 Å². The third kappa shape index (κ3) is 2.30. The van der Waals surface area contributed by atoms with Crippen molar-refractivity contribution in [2.45, 2.75) is 56.1 Å². The van der Waals surface area contributed by atoms with Gasteiger partial charge in [0.2, 0.25) is 10.0 Å². The predicted octanol–water partition coefficient (Wildman–Crippen LogP) is 1.90. The Balaban J connectivity index is 1.88. The summed E-state index contributed by atoms with van der Waals surface area (Å²) in [6.07, 6.45) is 3.88. The Morgan fingerprint density at radius 1 is 1.26 bits per heavy atom. The van der Waals surface area contributed by atoms with Crippen molar-refractivity contribution in [1.29, 1.82) is 0 Å². The molecule has 1 saturated carbocycles. The van der Waals surface area contributed by atoms with Gasteiger partial charge in [-0.1, -0.05) is 13.0 Å². The summed E-state index contributed by atoms with van der Waals surface area (Å²) in [5.41, 5.74) is 2.10. The van der Waals surface area contributed by atoms with Crippen LogP contribution in [0.5, 0.6) is 0 Å². The molecule has 0 saturated heterocycles. The van der Waals surface area contributed by atoms with Crippen LogP contribution in [0.2, 0.25) is 0 Å². The molecule has 19 heavy (non-hydrogen) atoms. The molecule has 1 heterocycles. The predicted molar refractivity (Wildman–Crippen MR) is 74.2 cm³/mol. The molecule has 2 aliphatic rings. The lowest BCUT2D eigenvalue weighted by atomic mass is 9.76. The Bertz CT molecular complexity index is 586. The fraction of sp³-hybridized carbons (Fsp3) is 0.571. The molecule has 0 amide bonds. The van der Waals surface area contributed by atoms with Crippen LogP contribution in [-0.4, -0.2) is 14.0 Å². The van der Waals surface area contributed by atoms with Gasteiger partial charge in [-0.3, -0.25) is 0 Å². The van der Waals surface area contributed by atoms with Crippen LogP contribution in [-0.2, 0) is 23.1 Å². The first-order chi connectivity index (χ1) is 9.05. The van der Waals surface area contributed by atoms with Crippen molar-refractivity contribution >= 4 is 10.0 Å². The first-order valence-corrected chi connectivity index (χ1v) is 8.39. The molecule has 1 aromatic carbocycles. The molecule has 1 aliphatic heterocycles. The molecule has 0 radical (unpaired) electrons. The average molecular weight is 280 g/mol. The van der Waals surface area contributed by atoms with Gasteiger partial charge in [0.05, 0.1) is 4.90 Å². The maximum absolute atomic E-state index is 12.5. The Kier molecular flexibility index (Phi) is 3.15. The molecule has 1 fully saturated rings. The first kappa shape index (κ1) is 13.1. The second-order valence-electron chi connectivity index (χ2n) is 5.63. The molecule has 5 heteroatoms. The third-order valence-corrected chi connectivity index (χ3v) is 6.03. The minimum atomic E-state index is -3.39. The lowest BCUT2D eigenvalue weighted by Gasteiger charge is -2.41. The van der Waals surface area contributed by atoms with Crippen molar-refractivity contribution in [1.82, 2.24) is 10.0 Å². The second kappa shape index (κ2) is 4.58. The highest BCUT2D eigenvalue weighted by atomic mass is 32.2. The van der Waals surface area contributed by atoms with Crippen LogP contribution in [0.4, 0.5) is 0 Å². The van der Waals surface area contributed by atoms with Gasteiger partial charge in [-0.2, -0.15) is 0 Å². The highest BCUT2D eigenvalue weighted by Gasteiger charge is 2.39. The van der Waals surface area contributed by atoms with E-state index in [1.807, 2.05) is 13.0 Å². The van der Waals surface area contributed by atoms with Crippen LogP contribution in [0, 0.1) is 0 Å². The van der Waals surface area contributed by atoms with Crippen LogP contribution in [0.15, 0.2) is 23.1 Å². The summed E-state index contributed by atoms with van der Waals surface area (Å²) in [5.74, 6) is 0. The largest absolute Gasteiger partial charge is 0.309 e. The summed E-state index contributed by atoms with van der Waals surface area (Å²) in [5, 5.41) is 3.23. The van der Waals surface area contributed by atoms with Crippen LogP contribution in [0.1, 0.15) is 43.7 Å². The van der Waals surface area contributed by atoms with Gasteiger partial charge in [-0.15, -0.1) is 0 Å². The van der Waals surface area contributed by atoms with E-state index >= 15 is 0 Å². The molecular weight excluding hydrogens is 260 g/mol. The summed E-state index contributed by atoms with van der Waals surface area (Å²) in [6.45, 7) is 3.65. The topological polar surface area (TPSA) is 58.2 Å². The molecule has 0 unspecified atom stereocenters. The minimum absolute atomic E-state index is 0.198. The summed E-state index contributed by atoms with van der Waals surface area (Å²) in [4.78, 5) is 0.398. The quantitative estimate of drug-likeness (QED) is 0.885. The van der Waals surface area contributed by atoms with Crippen LogP contribution >= 0.6 is 0 Å². The van der Waals surface area contributed by atoms with Gasteiger partial charge in [0.1, 0.15) is 0 Å². The Labute approximate surface area is 114 Å². The van der Waals surface area contributed by atoms with Gasteiger partial charge in [0, 0.05) is 18.6 Å². The smallest absolute Gasteiger partial charge is 0.241 e. The van der Waals surface area contributed by atoms with Crippen molar-refractivity contribution in [3.8, 4) is 0 Å². The molecule has 104 valence electrons. The highest BCUT2D eigenvalue weighted by molar-refractivity contribution is 7.89. The maximum Gasteiger partial charge on any atom is 0.241 e. The normalized spacial score (nSPS) is 20.9. The van der Waals surface area contributed by atoms with Crippen LogP contribution < -0.4 is 10.0 Å². The Morgan fingerprint density at radius 3 is 2.63 bits per heavy atom. The summed E-state index contributed by atoms with van der Waals surface area (Å²) >= 11 is 0. The number of hydrogen-bond donors (Lipinski definition) is 2. The van der Waals surface area contributed by atoms with E-state index in [4.69, 9.17) is 0 Å². The van der Waals surface area contributed by atoms with Crippen molar-refractivity contribution in [2.75, 3.05) is 0 Å². The lowest BCUT2D eigenvalue weighted by molar-refractivity contribution is 0.214. The molecule has 0 spiro atoms. The second-order valence-corrected chi connectivity index (χ2v) is 7.31. The monoisotopic (exact) mass is 280 g/mol. The zero-order chi connectivity index (χ0) is 13.5. The molecule has 0 bridgehead atoms. The van der Waals surface area contributed by atoms with Gasteiger partial charge >= 0.3 is 0 Å². The molecule has 3 rings (SSSR count). The molecule has 0 aromatic heterocycles. The average Bonchev–Trinajstić information content (AvgIpc) is 2.81. The number of nitrogens with one attached hydrogen (secondary N) is 2. The van der Waals surface area contributed by atoms with E-state index in [2.05, 4.69) is 10.0 Å². The van der Waals surface area contributed by atoms with Gasteiger partial charge in [-0.05, 0) is 48.9 Å². The third-order valence-electron chi connectivity index (χ3n) is 4.46. The van der Waals surface area contributed by atoms with Crippen molar-refractivity contribution in [2.24, 2.45) is 0 Å². The van der Waals surface area contributed by atoms with E-state index in [1.54, 1.807) is 12.1 Å². The number of fused-ring (bicyclic) bond motifs is 1. The molecular formula is C14H20N2O2S.